The molecule has 0 spiro atoms. The highest BCUT2D eigenvalue weighted by Crippen LogP contribution is 2.27. The minimum atomic E-state index is -4.43. The van der Waals surface area contributed by atoms with E-state index < -0.39 is 24.5 Å². The van der Waals surface area contributed by atoms with Gasteiger partial charge >= 0.3 is 6.18 Å². The Hall–Kier alpha value is -2.45. The predicted octanol–water partition coefficient (Wildman–Crippen LogP) is 2.23. The van der Waals surface area contributed by atoms with Gasteiger partial charge in [0.15, 0.2) is 0 Å². The van der Waals surface area contributed by atoms with Crippen molar-refractivity contribution in [1.29, 1.82) is 0 Å². The van der Waals surface area contributed by atoms with Crippen molar-refractivity contribution in [2.45, 2.75) is 19.0 Å². The van der Waals surface area contributed by atoms with Gasteiger partial charge in [0.2, 0.25) is 5.91 Å². The topological polar surface area (TPSA) is 67.9 Å². The van der Waals surface area contributed by atoms with Gasteiger partial charge in [0.05, 0.1) is 19.8 Å². The van der Waals surface area contributed by atoms with E-state index in [0.717, 1.165) is 0 Å². The van der Waals surface area contributed by atoms with Crippen molar-refractivity contribution in [2.24, 2.45) is 5.92 Å². The molecule has 0 aliphatic carbocycles. The first-order valence-corrected chi connectivity index (χ1v) is 8.11. The fourth-order valence-corrected chi connectivity index (χ4v) is 2.82. The molecule has 1 aromatic carbocycles. The van der Waals surface area contributed by atoms with E-state index in [1.807, 2.05) is 5.32 Å². The summed E-state index contributed by atoms with van der Waals surface area (Å²) < 4.78 is 46.8. The van der Waals surface area contributed by atoms with Crippen LogP contribution < -0.4 is 14.8 Å². The number of amides is 2. The number of carbonyl (C=O) groups excluding carboxylic acids is 2. The predicted molar refractivity (Wildman–Crippen MR) is 87.2 cm³/mol. The van der Waals surface area contributed by atoms with E-state index in [-0.39, 0.29) is 19.0 Å². The molecule has 0 saturated carbocycles. The number of alkyl halides is 3. The summed E-state index contributed by atoms with van der Waals surface area (Å²) in [6.45, 7) is -0.760. The van der Waals surface area contributed by atoms with Crippen molar-refractivity contribution in [3.05, 3.63) is 23.8 Å². The van der Waals surface area contributed by atoms with Crippen LogP contribution in [0.25, 0.3) is 0 Å². The van der Waals surface area contributed by atoms with Gasteiger partial charge < -0.3 is 19.7 Å². The lowest BCUT2D eigenvalue weighted by atomic mass is 9.95. The molecule has 1 aliphatic heterocycles. The van der Waals surface area contributed by atoms with Crippen molar-refractivity contribution in [1.82, 2.24) is 10.2 Å². The smallest absolute Gasteiger partial charge is 0.405 e. The third-order valence-electron chi connectivity index (χ3n) is 4.26. The molecule has 1 heterocycles. The average molecular weight is 374 g/mol. The summed E-state index contributed by atoms with van der Waals surface area (Å²) in [6.07, 6.45) is -3.81. The zero-order valence-electron chi connectivity index (χ0n) is 14.6. The van der Waals surface area contributed by atoms with Crippen LogP contribution in [0.2, 0.25) is 0 Å². The lowest BCUT2D eigenvalue weighted by molar-refractivity contribution is -0.141. The molecule has 2 rings (SSSR count). The molecule has 1 saturated heterocycles. The number of ether oxygens (including phenoxy) is 2. The van der Waals surface area contributed by atoms with Gasteiger partial charge in [0.25, 0.3) is 5.91 Å². The van der Waals surface area contributed by atoms with Gasteiger partial charge in [-0.15, -0.1) is 0 Å². The zero-order valence-corrected chi connectivity index (χ0v) is 14.6. The maximum atomic E-state index is 12.7. The fourth-order valence-electron chi connectivity index (χ4n) is 2.82. The lowest BCUT2D eigenvalue weighted by Gasteiger charge is -2.31. The van der Waals surface area contributed by atoms with E-state index in [1.54, 1.807) is 23.1 Å². The van der Waals surface area contributed by atoms with Crippen LogP contribution in [0.4, 0.5) is 13.2 Å². The molecule has 144 valence electrons. The molecule has 9 heteroatoms. The standard InChI is InChI=1S/C17H21F3N2O4/c1-25-12-3-4-13(14(9-12)26-2)16(24)22-7-5-11(6-8-22)15(23)21-10-17(18,19)20/h3-4,9,11H,5-8,10H2,1-2H3,(H,21,23). The Bertz CT molecular complexity index is 656. The van der Waals surface area contributed by atoms with Gasteiger partial charge in [0, 0.05) is 25.1 Å². The van der Waals surface area contributed by atoms with E-state index >= 15 is 0 Å². The summed E-state index contributed by atoms with van der Waals surface area (Å²) in [5.41, 5.74) is 0.369. The molecule has 0 bridgehead atoms. The lowest BCUT2D eigenvalue weighted by Crippen LogP contribution is -2.44. The van der Waals surface area contributed by atoms with Crippen LogP contribution >= 0.6 is 0 Å². The largest absolute Gasteiger partial charge is 0.497 e. The van der Waals surface area contributed by atoms with Crippen LogP contribution in [0.15, 0.2) is 18.2 Å². The Morgan fingerprint density at radius 1 is 1.19 bits per heavy atom. The molecule has 0 radical (unpaired) electrons. The number of methoxy groups -OCH3 is 2. The van der Waals surface area contributed by atoms with Crippen molar-refractivity contribution in [2.75, 3.05) is 33.9 Å². The monoisotopic (exact) mass is 374 g/mol. The second-order valence-corrected chi connectivity index (χ2v) is 5.97. The van der Waals surface area contributed by atoms with Gasteiger partial charge in [-0.3, -0.25) is 9.59 Å². The minimum Gasteiger partial charge on any atom is -0.497 e. The number of rotatable bonds is 5. The number of benzene rings is 1. The molecule has 2 amide bonds. The van der Waals surface area contributed by atoms with E-state index in [1.165, 1.54) is 14.2 Å². The SMILES string of the molecule is COc1ccc(C(=O)N2CCC(C(=O)NCC(F)(F)F)CC2)c(OC)c1. The van der Waals surface area contributed by atoms with E-state index in [0.29, 0.717) is 29.9 Å². The maximum Gasteiger partial charge on any atom is 0.405 e. The Labute approximate surface area is 149 Å². The summed E-state index contributed by atoms with van der Waals surface area (Å²) in [6, 6.07) is 4.85. The first-order valence-electron chi connectivity index (χ1n) is 8.11. The highest BCUT2D eigenvalue weighted by molar-refractivity contribution is 5.97. The number of carbonyl (C=O) groups is 2. The fraction of sp³-hybridized carbons (Fsp3) is 0.529. The number of hydrogen-bond donors (Lipinski definition) is 1. The van der Waals surface area contributed by atoms with Crippen LogP contribution in [0.5, 0.6) is 11.5 Å². The first kappa shape index (κ1) is 19.9. The zero-order chi connectivity index (χ0) is 19.3. The normalized spacial score (nSPS) is 15.5. The van der Waals surface area contributed by atoms with Gasteiger partial charge in [-0.1, -0.05) is 0 Å². The van der Waals surface area contributed by atoms with Crippen molar-refractivity contribution in [3.63, 3.8) is 0 Å². The number of hydrogen-bond acceptors (Lipinski definition) is 4. The van der Waals surface area contributed by atoms with E-state index in [4.69, 9.17) is 9.47 Å². The Morgan fingerprint density at radius 2 is 1.85 bits per heavy atom. The van der Waals surface area contributed by atoms with Gasteiger partial charge in [-0.25, -0.2) is 0 Å². The number of piperidine rings is 1. The minimum absolute atomic E-state index is 0.251. The van der Waals surface area contributed by atoms with Crippen molar-refractivity contribution < 1.29 is 32.2 Å². The Morgan fingerprint density at radius 3 is 2.38 bits per heavy atom. The molecule has 6 nitrogen and oxygen atoms in total. The molecule has 26 heavy (non-hydrogen) atoms. The van der Waals surface area contributed by atoms with E-state index in [9.17, 15) is 22.8 Å². The third-order valence-corrected chi connectivity index (χ3v) is 4.26. The highest BCUT2D eigenvalue weighted by Gasteiger charge is 2.32. The molecular weight excluding hydrogens is 353 g/mol. The molecular formula is C17H21F3N2O4. The number of nitrogens with one attached hydrogen (secondary N) is 1. The van der Waals surface area contributed by atoms with Gasteiger partial charge in [0.1, 0.15) is 18.0 Å². The molecule has 0 atom stereocenters. The Kier molecular flexibility index (Phi) is 6.33. The number of likely N-dealkylation sites (tertiary alicyclic amines) is 1. The molecule has 1 aromatic rings. The number of nitrogens with zero attached hydrogens (tertiary/aromatic N) is 1. The Balaban J connectivity index is 1.95. The van der Waals surface area contributed by atoms with Crippen LogP contribution in [-0.4, -0.2) is 56.7 Å². The van der Waals surface area contributed by atoms with Gasteiger partial charge in [-0.2, -0.15) is 13.2 Å². The van der Waals surface area contributed by atoms with E-state index in [2.05, 4.69) is 0 Å². The summed E-state index contributed by atoms with van der Waals surface area (Å²) in [4.78, 5) is 26.0. The van der Waals surface area contributed by atoms with Crippen molar-refractivity contribution in [3.8, 4) is 11.5 Å². The molecule has 1 N–H and O–H groups in total. The second-order valence-electron chi connectivity index (χ2n) is 5.97. The molecule has 0 aromatic heterocycles. The van der Waals surface area contributed by atoms with Crippen molar-refractivity contribution >= 4 is 11.8 Å². The average Bonchev–Trinajstić information content (AvgIpc) is 2.64. The highest BCUT2D eigenvalue weighted by atomic mass is 19.4. The summed E-state index contributed by atoms with van der Waals surface area (Å²) in [7, 11) is 2.95. The summed E-state index contributed by atoms with van der Waals surface area (Å²) >= 11 is 0. The van der Waals surface area contributed by atoms with Crippen LogP contribution in [0, 0.1) is 5.92 Å². The third kappa shape index (κ3) is 5.03. The van der Waals surface area contributed by atoms with Gasteiger partial charge in [-0.05, 0) is 25.0 Å². The van der Waals surface area contributed by atoms with Crippen LogP contribution in [0.3, 0.4) is 0 Å². The molecule has 1 aliphatic rings. The second kappa shape index (κ2) is 8.29. The van der Waals surface area contributed by atoms with Crippen LogP contribution in [0.1, 0.15) is 23.2 Å². The molecule has 1 fully saturated rings. The molecule has 0 unspecified atom stereocenters. The number of halogens is 3. The summed E-state index contributed by atoms with van der Waals surface area (Å²) in [5, 5.41) is 1.90. The maximum absolute atomic E-state index is 12.7. The summed E-state index contributed by atoms with van der Waals surface area (Å²) in [5.74, 6) is -0.480. The quantitative estimate of drug-likeness (QED) is 0.858. The van der Waals surface area contributed by atoms with Crippen LogP contribution in [-0.2, 0) is 4.79 Å². The first-order chi connectivity index (χ1) is 12.2.